The van der Waals surface area contributed by atoms with Crippen molar-refractivity contribution >= 4 is 0 Å². The lowest BCUT2D eigenvalue weighted by Gasteiger charge is -2.43. The lowest BCUT2D eigenvalue weighted by molar-refractivity contribution is 0.465. The van der Waals surface area contributed by atoms with Gasteiger partial charge in [0.25, 0.3) is 0 Å². The van der Waals surface area contributed by atoms with Gasteiger partial charge in [-0.15, -0.1) is 0 Å². The number of hydrogen-bond donors (Lipinski definition) is 0. The summed E-state index contributed by atoms with van der Waals surface area (Å²) in [6.45, 7) is 2.31. The Labute approximate surface area is 168 Å². The Morgan fingerprint density at radius 3 is 1.14 bits per heavy atom. The maximum atomic E-state index is 2.31. The molecule has 4 rings (SSSR count). The standard InChI is InChI=1S/C28H26/c1-2-27(23-15-7-3-8-16-23)28(24-17-9-4-10-18-24,25-19-11-5-12-20-25)26-21-13-6-14-22-26/h3-22,27H,2H2,1H3. The summed E-state index contributed by atoms with van der Waals surface area (Å²) in [5.41, 5.74) is 5.13. The highest BCUT2D eigenvalue weighted by atomic mass is 14.4. The highest BCUT2D eigenvalue weighted by molar-refractivity contribution is 5.54. The van der Waals surface area contributed by atoms with Crippen molar-refractivity contribution in [2.45, 2.75) is 24.7 Å². The quantitative estimate of drug-likeness (QED) is 0.318. The van der Waals surface area contributed by atoms with Crippen LogP contribution in [0.1, 0.15) is 41.5 Å². The molecule has 28 heavy (non-hydrogen) atoms. The summed E-state index contributed by atoms with van der Waals surface area (Å²) in [5, 5.41) is 0. The van der Waals surface area contributed by atoms with Crippen LogP contribution >= 0.6 is 0 Å². The first-order chi connectivity index (χ1) is 13.9. The molecule has 0 aliphatic heterocycles. The first-order valence-corrected chi connectivity index (χ1v) is 10.1. The van der Waals surface area contributed by atoms with Crippen LogP contribution in [0.2, 0.25) is 0 Å². The lowest BCUT2D eigenvalue weighted by atomic mass is 9.59. The largest absolute Gasteiger partial charge is 0.0647 e. The van der Waals surface area contributed by atoms with Crippen LogP contribution in [0.4, 0.5) is 0 Å². The van der Waals surface area contributed by atoms with Crippen LogP contribution in [0.5, 0.6) is 0 Å². The smallest absolute Gasteiger partial charge is 0.0519 e. The Balaban J connectivity index is 2.10. The minimum Gasteiger partial charge on any atom is -0.0647 e. The molecule has 0 aromatic heterocycles. The maximum absolute atomic E-state index is 2.31. The van der Waals surface area contributed by atoms with Gasteiger partial charge in [-0.1, -0.05) is 128 Å². The summed E-state index contributed by atoms with van der Waals surface area (Å²) < 4.78 is 0. The minimum atomic E-state index is -0.250. The molecule has 0 spiro atoms. The molecular formula is C28H26. The fourth-order valence-electron chi connectivity index (χ4n) is 4.68. The molecule has 0 radical (unpaired) electrons. The highest BCUT2D eigenvalue weighted by Crippen LogP contribution is 2.50. The van der Waals surface area contributed by atoms with E-state index in [2.05, 4.69) is 128 Å². The van der Waals surface area contributed by atoms with E-state index in [0.717, 1.165) is 6.42 Å². The van der Waals surface area contributed by atoms with Crippen molar-refractivity contribution in [2.24, 2.45) is 0 Å². The molecule has 0 bridgehead atoms. The van der Waals surface area contributed by atoms with Crippen molar-refractivity contribution in [3.05, 3.63) is 144 Å². The predicted octanol–water partition coefficient (Wildman–Crippen LogP) is 7.21. The van der Waals surface area contributed by atoms with Crippen LogP contribution in [-0.2, 0) is 5.41 Å². The van der Waals surface area contributed by atoms with Crippen LogP contribution in [0.3, 0.4) is 0 Å². The molecule has 0 aliphatic carbocycles. The summed E-state index contributed by atoms with van der Waals surface area (Å²) >= 11 is 0. The third-order valence-electron chi connectivity index (χ3n) is 5.82. The molecule has 0 nitrogen and oxygen atoms in total. The fraction of sp³-hybridized carbons (Fsp3) is 0.143. The van der Waals surface area contributed by atoms with Crippen LogP contribution in [-0.4, -0.2) is 0 Å². The molecule has 0 saturated carbocycles. The molecule has 138 valence electrons. The molecule has 4 aromatic carbocycles. The molecule has 0 N–H and O–H groups in total. The second kappa shape index (κ2) is 8.27. The van der Waals surface area contributed by atoms with E-state index >= 15 is 0 Å². The second-order valence-corrected chi connectivity index (χ2v) is 7.28. The van der Waals surface area contributed by atoms with Gasteiger partial charge in [-0.25, -0.2) is 0 Å². The van der Waals surface area contributed by atoms with E-state index in [-0.39, 0.29) is 5.41 Å². The van der Waals surface area contributed by atoms with Gasteiger partial charge in [0.05, 0.1) is 5.41 Å². The Hall–Kier alpha value is -3.12. The van der Waals surface area contributed by atoms with Gasteiger partial charge in [-0.05, 0) is 28.7 Å². The molecule has 0 amide bonds. The Bertz CT molecular complexity index is 876. The predicted molar refractivity (Wildman–Crippen MR) is 119 cm³/mol. The SMILES string of the molecule is CCC(c1ccccc1)C(c1ccccc1)(c1ccccc1)c1ccccc1. The second-order valence-electron chi connectivity index (χ2n) is 7.28. The molecular weight excluding hydrogens is 336 g/mol. The van der Waals surface area contributed by atoms with E-state index < -0.39 is 0 Å². The van der Waals surface area contributed by atoms with E-state index in [1.165, 1.54) is 22.3 Å². The van der Waals surface area contributed by atoms with Gasteiger partial charge in [-0.3, -0.25) is 0 Å². The van der Waals surface area contributed by atoms with Gasteiger partial charge < -0.3 is 0 Å². The minimum absolute atomic E-state index is 0.250. The number of benzene rings is 4. The van der Waals surface area contributed by atoms with Crippen molar-refractivity contribution in [2.75, 3.05) is 0 Å². The molecule has 0 heteroatoms. The normalized spacial score (nSPS) is 12.5. The highest BCUT2D eigenvalue weighted by Gasteiger charge is 2.43. The topological polar surface area (TPSA) is 0 Å². The Morgan fingerprint density at radius 2 is 0.821 bits per heavy atom. The number of hydrogen-bond acceptors (Lipinski definition) is 0. The van der Waals surface area contributed by atoms with E-state index in [9.17, 15) is 0 Å². The molecule has 1 atom stereocenters. The van der Waals surface area contributed by atoms with Crippen molar-refractivity contribution in [1.82, 2.24) is 0 Å². The molecule has 0 saturated heterocycles. The molecule has 4 aromatic rings. The summed E-state index contributed by atoms with van der Waals surface area (Å²) in [5.74, 6) is 0.320. The average Bonchev–Trinajstić information content (AvgIpc) is 2.80. The first-order valence-electron chi connectivity index (χ1n) is 10.1. The third-order valence-corrected chi connectivity index (χ3v) is 5.82. The zero-order valence-electron chi connectivity index (χ0n) is 16.3. The van der Waals surface area contributed by atoms with E-state index in [1.807, 2.05) is 0 Å². The summed E-state index contributed by atoms with van der Waals surface area (Å²) in [7, 11) is 0. The van der Waals surface area contributed by atoms with Crippen molar-refractivity contribution < 1.29 is 0 Å². The third kappa shape index (κ3) is 3.16. The molecule has 0 aliphatic rings. The monoisotopic (exact) mass is 362 g/mol. The summed E-state index contributed by atoms with van der Waals surface area (Å²) in [6, 6.07) is 43.9. The van der Waals surface area contributed by atoms with Gasteiger partial charge >= 0.3 is 0 Å². The average molecular weight is 363 g/mol. The van der Waals surface area contributed by atoms with Crippen molar-refractivity contribution in [3.8, 4) is 0 Å². The molecule has 1 unspecified atom stereocenters. The van der Waals surface area contributed by atoms with Crippen LogP contribution in [0.25, 0.3) is 0 Å². The number of rotatable bonds is 6. The summed E-state index contributed by atoms with van der Waals surface area (Å²) in [4.78, 5) is 0. The molecule has 0 fully saturated rings. The maximum Gasteiger partial charge on any atom is 0.0519 e. The van der Waals surface area contributed by atoms with Gasteiger partial charge in [0, 0.05) is 5.92 Å². The van der Waals surface area contributed by atoms with Crippen LogP contribution in [0.15, 0.2) is 121 Å². The van der Waals surface area contributed by atoms with Crippen LogP contribution < -0.4 is 0 Å². The van der Waals surface area contributed by atoms with E-state index in [1.54, 1.807) is 0 Å². The van der Waals surface area contributed by atoms with E-state index in [0.29, 0.717) is 5.92 Å². The van der Waals surface area contributed by atoms with Gasteiger partial charge in [-0.2, -0.15) is 0 Å². The Kier molecular flexibility index (Phi) is 5.39. The summed E-state index contributed by atoms with van der Waals surface area (Å²) in [6.07, 6.45) is 1.04. The van der Waals surface area contributed by atoms with Gasteiger partial charge in [0.2, 0.25) is 0 Å². The zero-order valence-corrected chi connectivity index (χ0v) is 16.3. The fourth-order valence-corrected chi connectivity index (χ4v) is 4.68. The van der Waals surface area contributed by atoms with Crippen molar-refractivity contribution in [3.63, 3.8) is 0 Å². The van der Waals surface area contributed by atoms with Gasteiger partial charge in [0.1, 0.15) is 0 Å². The van der Waals surface area contributed by atoms with Crippen molar-refractivity contribution in [1.29, 1.82) is 0 Å². The molecule has 0 heterocycles. The van der Waals surface area contributed by atoms with Crippen LogP contribution in [0, 0.1) is 0 Å². The first kappa shape index (κ1) is 18.3. The van der Waals surface area contributed by atoms with E-state index in [4.69, 9.17) is 0 Å². The lowest BCUT2D eigenvalue weighted by Crippen LogP contribution is -2.36. The van der Waals surface area contributed by atoms with Gasteiger partial charge in [0.15, 0.2) is 0 Å². The zero-order chi connectivity index (χ0) is 19.2. The Morgan fingerprint density at radius 1 is 0.500 bits per heavy atom.